The smallest absolute Gasteiger partial charge is 0.223 e. The lowest BCUT2D eigenvalue weighted by molar-refractivity contribution is -0.117. The van der Waals surface area contributed by atoms with Gasteiger partial charge in [0.15, 0.2) is 5.49 Å². The monoisotopic (exact) mass is 488 g/mol. The summed E-state index contributed by atoms with van der Waals surface area (Å²) in [5.41, 5.74) is 11.0. The number of ether oxygens (including phenoxy) is 1. The van der Waals surface area contributed by atoms with E-state index in [9.17, 15) is 9.18 Å². The lowest BCUT2D eigenvalue weighted by Crippen LogP contribution is -2.25. The Morgan fingerprint density at radius 2 is 2.08 bits per heavy atom. The predicted octanol–water partition coefficient (Wildman–Crippen LogP) is 2.27. The van der Waals surface area contributed by atoms with Gasteiger partial charge in [-0.3, -0.25) is 9.36 Å². The highest BCUT2D eigenvalue weighted by molar-refractivity contribution is 5.80. The van der Waals surface area contributed by atoms with E-state index in [1.54, 1.807) is 30.1 Å². The van der Waals surface area contributed by atoms with E-state index < -0.39 is 5.91 Å². The third kappa shape index (κ3) is 3.98. The maximum absolute atomic E-state index is 14.6. The molecule has 0 saturated heterocycles. The average molecular weight is 489 g/mol. The summed E-state index contributed by atoms with van der Waals surface area (Å²) in [7, 11) is 1.78. The second-order valence-electron chi connectivity index (χ2n) is 8.51. The second-order valence-corrected chi connectivity index (χ2v) is 8.51. The summed E-state index contributed by atoms with van der Waals surface area (Å²) in [6, 6.07) is 6.92. The highest BCUT2D eigenvalue weighted by atomic mass is 19.1. The van der Waals surface area contributed by atoms with Gasteiger partial charge in [0.2, 0.25) is 11.9 Å². The molecule has 3 N–H and O–H groups in total. The van der Waals surface area contributed by atoms with Crippen LogP contribution in [0, 0.1) is 12.7 Å². The minimum absolute atomic E-state index is 0.0661. The van der Waals surface area contributed by atoms with Gasteiger partial charge in [-0.25, -0.2) is 14.4 Å². The molecule has 36 heavy (non-hydrogen) atoms. The van der Waals surface area contributed by atoms with Crippen LogP contribution in [0.3, 0.4) is 0 Å². The first-order chi connectivity index (χ1) is 17.4. The van der Waals surface area contributed by atoms with Crippen LogP contribution in [0.2, 0.25) is 0 Å². The number of pyridine rings is 1. The van der Waals surface area contributed by atoms with Crippen molar-refractivity contribution < 1.29 is 13.9 Å². The molecule has 1 amide bonds. The Bertz CT molecular complexity index is 1590. The largest absolute Gasteiger partial charge is 0.493 e. The number of nitrogens with zero attached hydrogens (tertiary/aromatic N) is 6. The minimum atomic E-state index is -0.441. The van der Waals surface area contributed by atoms with Gasteiger partial charge < -0.3 is 20.2 Å². The van der Waals surface area contributed by atoms with E-state index in [1.165, 1.54) is 6.07 Å². The number of amides is 1. The van der Waals surface area contributed by atoms with Gasteiger partial charge in [-0.1, -0.05) is 0 Å². The van der Waals surface area contributed by atoms with Crippen molar-refractivity contribution in [3.05, 3.63) is 70.5 Å². The number of fused-ring (bicyclic) bond motifs is 2. The van der Waals surface area contributed by atoms with Crippen LogP contribution < -0.4 is 21.3 Å². The van der Waals surface area contributed by atoms with Crippen molar-refractivity contribution in [1.29, 1.82) is 0 Å². The number of halogens is 1. The van der Waals surface area contributed by atoms with E-state index >= 15 is 0 Å². The Hall–Kier alpha value is -4.54. The third-order valence-corrected chi connectivity index (χ3v) is 6.29. The average Bonchev–Trinajstić information content (AvgIpc) is 3.49. The van der Waals surface area contributed by atoms with E-state index in [1.807, 2.05) is 23.5 Å². The van der Waals surface area contributed by atoms with Crippen LogP contribution in [0.25, 0.3) is 16.8 Å². The maximum Gasteiger partial charge on any atom is 0.223 e. The molecule has 5 rings (SSSR count). The summed E-state index contributed by atoms with van der Waals surface area (Å²) < 4.78 is 23.8. The van der Waals surface area contributed by atoms with Crippen molar-refractivity contribution in [2.24, 2.45) is 23.0 Å². The van der Waals surface area contributed by atoms with Crippen LogP contribution in [-0.4, -0.2) is 38.2 Å². The van der Waals surface area contributed by atoms with Gasteiger partial charge in [-0.2, -0.15) is 5.10 Å². The molecule has 0 unspecified atom stereocenters. The summed E-state index contributed by atoms with van der Waals surface area (Å²) in [6.45, 7) is 6.21. The summed E-state index contributed by atoms with van der Waals surface area (Å²) in [4.78, 5) is 20.7. The summed E-state index contributed by atoms with van der Waals surface area (Å²) in [5.74, 6) is 0.449. The Balaban J connectivity index is 1.56. The lowest BCUT2D eigenvalue weighted by atomic mass is 10.0. The van der Waals surface area contributed by atoms with Crippen LogP contribution >= 0.6 is 0 Å². The molecule has 11 heteroatoms. The Morgan fingerprint density at radius 3 is 2.86 bits per heavy atom. The zero-order chi connectivity index (χ0) is 25.4. The molecule has 0 spiro atoms. The van der Waals surface area contributed by atoms with Crippen molar-refractivity contribution in [1.82, 2.24) is 18.9 Å². The zero-order valence-electron chi connectivity index (χ0n) is 20.0. The van der Waals surface area contributed by atoms with Gasteiger partial charge in [-0.05, 0) is 31.2 Å². The molecule has 1 aromatic carbocycles. The number of aryl methyl sites for hydroxylation is 1. The molecule has 0 saturated carbocycles. The normalized spacial score (nSPS) is 13.0. The number of hydrogen-bond acceptors (Lipinski definition) is 7. The number of nitrogens with one attached hydrogen (secondary N) is 1. The number of anilines is 1. The number of benzene rings is 1. The van der Waals surface area contributed by atoms with Crippen LogP contribution in [0.5, 0.6) is 5.75 Å². The fraction of sp³-hybridized carbons (Fsp3) is 0.240. The highest BCUT2D eigenvalue weighted by Gasteiger charge is 2.20. The molecule has 4 aromatic rings. The van der Waals surface area contributed by atoms with Crippen LogP contribution in [0.15, 0.2) is 46.9 Å². The molecule has 0 radical (unpaired) electrons. The molecule has 1 aliphatic rings. The number of primary amides is 1. The first-order valence-corrected chi connectivity index (χ1v) is 11.4. The van der Waals surface area contributed by atoms with E-state index in [2.05, 4.69) is 32.2 Å². The third-order valence-electron chi connectivity index (χ3n) is 6.29. The molecular weight excluding hydrogens is 463 g/mol. The second kappa shape index (κ2) is 9.25. The minimum Gasteiger partial charge on any atom is -0.493 e. The molecule has 184 valence electrons. The van der Waals surface area contributed by atoms with Crippen molar-refractivity contribution >= 4 is 24.2 Å². The van der Waals surface area contributed by atoms with Crippen LogP contribution in [0.1, 0.15) is 22.5 Å². The molecule has 4 heterocycles. The zero-order valence-corrected chi connectivity index (χ0v) is 20.0. The van der Waals surface area contributed by atoms with Crippen molar-refractivity contribution in [2.45, 2.75) is 26.3 Å². The number of nitrogens with two attached hydrogens (primary N) is 1. The van der Waals surface area contributed by atoms with Crippen molar-refractivity contribution in [2.75, 3.05) is 11.9 Å². The quantitative estimate of drug-likeness (QED) is 0.305. The molecule has 1 aliphatic heterocycles. The van der Waals surface area contributed by atoms with E-state index in [-0.39, 0.29) is 18.8 Å². The first kappa shape index (κ1) is 23.2. The number of aromatic nitrogens is 4. The molecular formula is C25H25FN8O2. The van der Waals surface area contributed by atoms with Gasteiger partial charge >= 0.3 is 0 Å². The molecule has 0 bridgehead atoms. The molecule has 0 atom stereocenters. The summed E-state index contributed by atoms with van der Waals surface area (Å²) in [5, 5.41) is 11.2. The molecule has 0 aliphatic carbocycles. The summed E-state index contributed by atoms with van der Waals surface area (Å²) in [6.07, 6.45) is 4.03. The number of carbonyl (C=O) groups excluding carboxylic acids is 1. The van der Waals surface area contributed by atoms with Gasteiger partial charge in [-0.15, -0.1) is 5.10 Å². The number of carbonyl (C=O) groups is 1. The Morgan fingerprint density at radius 1 is 1.25 bits per heavy atom. The van der Waals surface area contributed by atoms with E-state index in [0.717, 1.165) is 16.8 Å². The van der Waals surface area contributed by atoms with Crippen LogP contribution in [-0.2, 0) is 31.2 Å². The molecule has 10 nitrogen and oxygen atoms in total. The SMILES string of the molecule is C=N/N=c1/c(-c2ccc(C)n3c(CC(N)=O)cnc23)cnc(NCc2c(F)ccc3c2CCO3)n1C. The van der Waals surface area contributed by atoms with Crippen LogP contribution in [0.4, 0.5) is 10.3 Å². The van der Waals surface area contributed by atoms with Gasteiger partial charge in [0.1, 0.15) is 17.2 Å². The molecule has 3 aromatic heterocycles. The number of hydrogen-bond donors (Lipinski definition) is 2. The van der Waals surface area contributed by atoms with Gasteiger partial charge in [0.05, 0.1) is 18.7 Å². The topological polar surface area (TPSA) is 124 Å². The van der Waals surface area contributed by atoms with Crippen molar-refractivity contribution in [3.8, 4) is 16.9 Å². The number of imidazole rings is 1. The van der Waals surface area contributed by atoms with E-state index in [0.29, 0.717) is 52.7 Å². The number of rotatable bonds is 7. The standard InChI is InChI=1S/C25H25FN8O2/c1-14-4-5-17(23-29-11-15(34(14)23)10-22(27)35)19-13-31-25(33(3)24(19)32-28-2)30-12-18-16-8-9-36-21(16)7-6-20(18)26/h4-7,11,13H,2,8-10,12H2,1,3H3,(H2,27,35)(H,30,31)/b32-24-. The highest BCUT2D eigenvalue weighted by Crippen LogP contribution is 2.30. The fourth-order valence-electron chi connectivity index (χ4n) is 4.60. The lowest BCUT2D eigenvalue weighted by Gasteiger charge is -2.15. The molecule has 0 fully saturated rings. The fourth-order valence-corrected chi connectivity index (χ4v) is 4.60. The van der Waals surface area contributed by atoms with E-state index in [4.69, 9.17) is 10.5 Å². The van der Waals surface area contributed by atoms with Crippen molar-refractivity contribution in [3.63, 3.8) is 0 Å². The summed E-state index contributed by atoms with van der Waals surface area (Å²) >= 11 is 0. The predicted molar refractivity (Wildman–Crippen MR) is 133 cm³/mol. The Kier molecular flexibility index (Phi) is 5.96. The Labute approximate surface area is 206 Å². The maximum atomic E-state index is 14.6. The van der Waals surface area contributed by atoms with Gasteiger partial charge in [0.25, 0.3) is 0 Å². The first-order valence-electron chi connectivity index (χ1n) is 11.4. The van der Waals surface area contributed by atoms with Gasteiger partial charge in [0, 0.05) is 67.1 Å².